The molecule has 0 aromatic carbocycles. The summed E-state index contributed by atoms with van der Waals surface area (Å²) in [7, 11) is 0. The van der Waals surface area contributed by atoms with Gasteiger partial charge in [-0.1, -0.05) is 20.3 Å². The van der Waals surface area contributed by atoms with Gasteiger partial charge in [-0.05, 0) is 31.7 Å². The summed E-state index contributed by atoms with van der Waals surface area (Å²) >= 11 is 1.85. The molecule has 3 nitrogen and oxygen atoms in total. The molecule has 0 aliphatic carbocycles. The van der Waals surface area contributed by atoms with E-state index >= 15 is 0 Å². The third-order valence-corrected chi connectivity index (χ3v) is 4.66. The van der Waals surface area contributed by atoms with Gasteiger partial charge < -0.3 is 10.2 Å². The minimum Gasteiger partial charge on any atom is -0.348 e. The third-order valence-electron chi connectivity index (χ3n) is 3.60. The highest BCUT2D eigenvalue weighted by Gasteiger charge is 2.18. The average Bonchev–Trinajstić information content (AvgIpc) is 2.84. The van der Waals surface area contributed by atoms with Crippen LogP contribution in [0.25, 0.3) is 0 Å². The second-order valence-corrected chi connectivity index (χ2v) is 6.40. The Kier molecular flexibility index (Phi) is 5.45. The maximum absolute atomic E-state index is 4.57. The molecule has 1 aromatic heterocycles. The van der Waals surface area contributed by atoms with E-state index in [0.717, 1.165) is 19.0 Å². The Balaban J connectivity index is 1.78. The molecule has 0 atom stereocenters. The predicted molar refractivity (Wildman–Crippen MR) is 79.3 cm³/mol. The first-order valence-electron chi connectivity index (χ1n) is 7.20. The van der Waals surface area contributed by atoms with Crippen molar-refractivity contribution in [3.63, 3.8) is 0 Å². The van der Waals surface area contributed by atoms with Crippen LogP contribution in [0.3, 0.4) is 0 Å². The van der Waals surface area contributed by atoms with E-state index in [-0.39, 0.29) is 0 Å². The van der Waals surface area contributed by atoms with Crippen molar-refractivity contribution < 1.29 is 0 Å². The number of nitrogens with one attached hydrogen (secondary N) is 1. The van der Waals surface area contributed by atoms with E-state index in [4.69, 9.17) is 0 Å². The smallest absolute Gasteiger partial charge is 0.185 e. The molecule has 0 amide bonds. The van der Waals surface area contributed by atoms with Crippen LogP contribution in [0.15, 0.2) is 6.20 Å². The fraction of sp³-hybridized carbons (Fsp3) is 0.786. The predicted octanol–water partition coefficient (Wildman–Crippen LogP) is 3.27. The van der Waals surface area contributed by atoms with Crippen LogP contribution in [0, 0.1) is 5.92 Å². The number of hydrogen-bond acceptors (Lipinski definition) is 4. The van der Waals surface area contributed by atoms with Gasteiger partial charge in [-0.3, -0.25) is 0 Å². The minimum atomic E-state index is 0.886. The van der Waals surface area contributed by atoms with Crippen LogP contribution in [0.5, 0.6) is 0 Å². The van der Waals surface area contributed by atoms with Crippen molar-refractivity contribution in [2.75, 3.05) is 24.5 Å². The van der Waals surface area contributed by atoms with Gasteiger partial charge in [0.15, 0.2) is 5.13 Å². The normalized spacial score (nSPS) is 17.3. The number of nitrogens with zero attached hydrogens (tertiary/aromatic N) is 2. The number of anilines is 1. The number of piperidine rings is 1. The van der Waals surface area contributed by atoms with Crippen LogP contribution >= 0.6 is 11.3 Å². The van der Waals surface area contributed by atoms with Gasteiger partial charge in [0.05, 0.1) is 0 Å². The van der Waals surface area contributed by atoms with Gasteiger partial charge in [-0.25, -0.2) is 4.98 Å². The fourth-order valence-electron chi connectivity index (χ4n) is 2.24. The Morgan fingerprint density at radius 1 is 1.44 bits per heavy atom. The molecule has 4 heteroatoms. The van der Waals surface area contributed by atoms with E-state index < -0.39 is 0 Å². The first-order valence-corrected chi connectivity index (χ1v) is 8.01. The monoisotopic (exact) mass is 267 g/mol. The summed E-state index contributed by atoms with van der Waals surface area (Å²) in [6.45, 7) is 9.02. The van der Waals surface area contributed by atoms with Gasteiger partial charge in [0.25, 0.3) is 0 Å². The molecule has 2 rings (SSSR count). The highest BCUT2D eigenvalue weighted by Crippen LogP contribution is 2.27. The summed E-state index contributed by atoms with van der Waals surface area (Å²) in [6, 6.07) is 0. The molecule has 1 saturated heterocycles. The zero-order valence-electron chi connectivity index (χ0n) is 11.6. The van der Waals surface area contributed by atoms with Crippen molar-refractivity contribution in [2.24, 2.45) is 5.92 Å². The molecular weight excluding hydrogens is 242 g/mol. The van der Waals surface area contributed by atoms with Crippen molar-refractivity contribution in [1.82, 2.24) is 10.3 Å². The van der Waals surface area contributed by atoms with Crippen molar-refractivity contribution in [3.05, 3.63) is 11.1 Å². The maximum Gasteiger partial charge on any atom is 0.185 e. The summed E-state index contributed by atoms with van der Waals surface area (Å²) < 4.78 is 0. The minimum absolute atomic E-state index is 0.886. The van der Waals surface area contributed by atoms with Crippen LogP contribution in [-0.2, 0) is 6.54 Å². The lowest BCUT2D eigenvalue weighted by atomic mass is 10.00. The zero-order chi connectivity index (χ0) is 12.8. The number of rotatable bonds is 6. The molecular formula is C14H25N3S. The molecule has 1 aliphatic rings. The summed E-state index contributed by atoms with van der Waals surface area (Å²) in [5.74, 6) is 0.886. The Morgan fingerprint density at radius 3 is 2.94 bits per heavy atom. The molecule has 18 heavy (non-hydrogen) atoms. The summed E-state index contributed by atoms with van der Waals surface area (Å²) in [6.07, 6.45) is 7.17. The Hall–Kier alpha value is -0.610. The van der Waals surface area contributed by atoms with Gasteiger partial charge in [-0.2, -0.15) is 0 Å². The summed E-state index contributed by atoms with van der Waals surface area (Å²) in [5, 5.41) is 4.69. The van der Waals surface area contributed by atoms with Gasteiger partial charge in [0.2, 0.25) is 0 Å². The third kappa shape index (κ3) is 3.95. The lowest BCUT2D eigenvalue weighted by Gasteiger charge is -2.29. The fourth-order valence-corrected chi connectivity index (χ4v) is 3.17. The Labute approximate surface area is 115 Å². The SMILES string of the molecule is CCCCNCc1cnc(N2CCC(C)CC2)s1. The van der Waals surface area contributed by atoms with E-state index in [0.29, 0.717) is 0 Å². The van der Waals surface area contributed by atoms with Crippen molar-refractivity contribution in [3.8, 4) is 0 Å². The van der Waals surface area contributed by atoms with E-state index in [9.17, 15) is 0 Å². The van der Waals surface area contributed by atoms with E-state index in [1.807, 2.05) is 17.5 Å². The molecule has 0 spiro atoms. The molecule has 0 radical (unpaired) electrons. The molecule has 1 aromatic rings. The van der Waals surface area contributed by atoms with Crippen molar-refractivity contribution in [2.45, 2.75) is 46.1 Å². The summed E-state index contributed by atoms with van der Waals surface area (Å²) in [5.41, 5.74) is 0. The molecule has 102 valence electrons. The number of unbranched alkanes of at least 4 members (excludes halogenated alkanes) is 1. The first-order chi connectivity index (χ1) is 8.79. The molecule has 1 N–H and O–H groups in total. The van der Waals surface area contributed by atoms with Crippen LogP contribution in [-0.4, -0.2) is 24.6 Å². The van der Waals surface area contributed by atoms with Gasteiger partial charge in [0.1, 0.15) is 0 Å². The van der Waals surface area contributed by atoms with Crippen LogP contribution in [0.1, 0.15) is 44.4 Å². The largest absolute Gasteiger partial charge is 0.348 e. The number of hydrogen-bond donors (Lipinski definition) is 1. The molecule has 1 fully saturated rings. The second-order valence-electron chi connectivity index (χ2n) is 5.31. The van der Waals surface area contributed by atoms with Crippen LogP contribution in [0.2, 0.25) is 0 Å². The Bertz CT molecular complexity index is 343. The van der Waals surface area contributed by atoms with Crippen LogP contribution in [0.4, 0.5) is 5.13 Å². The van der Waals surface area contributed by atoms with Crippen LogP contribution < -0.4 is 10.2 Å². The van der Waals surface area contributed by atoms with Gasteiger partial charge in [-0.15, -0.1) is 11.3 Å². The lowest BCUT2D eigenvalue weighted by molar-refractivity contribution is 0.438. The van der Waals surface area contributed by atoms with E-state index in [2.05, 4.69) is 29.0 Å². The average molecular weight is 267 g/mol. The van der Waals surface area contributed by atoms with E-state index in [1.165, 1.54) is 48.8 Å². The standard InChI is InChI=1S/C14H25N3S/c1-3-4-7-15-10-13-11-16-14(18-13)17-8-5-12(2)6-9-17/h11-12,15H,3-10H2,1-2H3. The number of thiazole rings is 1. The molecule has 0 unspecified atom stereocenters. The molecule has 2 heterocycles. The molecule has 0 saturated carbocycles. The van der Waals surface area contributed by atoms with Gasteiger partial charge >= 0.3 is 0 Å². The Morgan fingerprint density at radius 2 is 2.22 bits per heavy atom. The highest BCUT2D eigenvalue weighted by molar-refractivity contribution is 7.15. The van der Waals surface area contributed by atoms with E-state index in [1.54, 1.807) is 0 Å². The zero-order valence-corrected chi connectivity index (χ0v) is 12.4. The maximum atomic E-state index is 4.57. The molecule has 1 aliphatic heterocycles. The quantitative estimate of drug-likeness (QED) is 0.802. The lowest BCUT2D eigenvalue weighted by Crippen LogP contribution is -2.32. The first kappa shape index (κ1) is 13.8. The number of aromatic nitrogens is 1. The van der Waals surface area contributed by atoms with Crippen molar-refractivity contribution >= 4 is 16.5 Å². The molecule has 0 bridgehead atoms. The van der Waals surface area contributed by atoms with Crippen molar-refractivity contribution in [1.29, 1.82) is 0 Å². The second kappa shape index (κ2) is 7.10. The highest BCUT2D eigenvalue weighted by atomic mass is 32.1. The topological polar surface area (TPSA) is 28.2 Å². The summed E-state index contributed by atoms with van der Waals surface area (Å²) in [4.78, 5) is 8.37. The van der Waals surface area contributed by atoms with Gasteiger partial charge in [0, 0.05) is 30.7 Å².